The Labute approximate surface area is 143 Å². The number of carbonyl (C=O) groups excluding carboxylic acids is 1. The van der Waals surface area contributed by atoms with E-state index < -0.39 is 17.2 Å². The molecule has 21 heavy (non-hydrogen) atoms. The lowest BCUT2D eigenvalue weighted by Crippen LogP contribution is -2.51. The molecule has 0 saturated carbocycles. The Kier molecular flexibility index (Phi) is 6.53. The van der Waals surface area contributed by atoms with Crippen molar-refractivity contribution >= 4 is 45.0 Å². The lowest BCUT2D eigenvalue weighted by atomic mass is 10.1. The maximum Gasteiger partial charge on any atom is 0.408 e. The normalized spacial score (nSPS) is 12.3. The minimum atomic E-state index is -0.492. The van der Waals surface area contributed by atoms with E-state index in [1.165, 1.54) is 11.3 Å². The Morgan fingerprint density at radius 3 is 2.48 bits per heavy atom. The Morgan fingerprint density at radius 2 is 2.00 bits per heavy atom. The first-order valence-electron chi connectivity index (χ1n) is 6.64. The Hall–Kier alpha value is -0.300. The highest BCUT2D eigenvalue weighted by molar-refractivity contribution is 9.10. The largest absolute Gasteiger partial charge is 0.444 e. The number of carbonyl (C=O) groups is 1. The monoisotopic (exact) mass is 396 g/mol. The molecule has 4 nitrogen and oxygen atoms in total. The van der Waals surface area contributed by atoms with Crippen molar-refractivity contribution in [1.29, 1.82) is 0 Å². The maximum atomic E-state index is 11.8. The number of hydrogen-bond acceptors (Lipinski definition) is 4. The first-order valence-corrected chi connectivity index (χ1v) is 8.63. The van der Waals surface area contributed by atoms with Crippen molar-refractivity contribution in [2.24, 2.45) is 0 Å². The van der Waals surface area contributed by atoms with Gasteiger partial charge in [0.2, 0.25) is 0 Å². The number of hydrogen-bond donors (Lipinski definition) is 2. The van der Waals surface area contributed by atoms with Crippen LogP contribution < -0.4 is 10.6 Å². The van der Waals surface area contributed by atoms with Crippen molar-refractivity contribution in [3.63, 3.8) is 0 Å². The van der Waals surface area contributed by atoms with E-state index in [0.29, 0.717) is 13.1 Å². The topological polar surface area (TPSA) is 50.4 Å². The molecule has 0 unspecified atom stereocenters. The summed E-state index contributed by atoms with van der Waals surface area (Å²) in [6, 6.07) is 1.99. The van der Waals surface area contributed by atoms with Gasteiger partial charge in [-0.05, 0) is 56.6 Å². The van der Waals surface area contributed by atoms with Crippen LogP contribution in [-0.4, -0.2) is 23.8 Å². The number of nitrogens with one attached hydrogen (secondary N) is 2. The van der Waals surface area contributed by atoms with Crippen molar-refractivity contribution in [2.45, 2.75) is 52.3 Å². The average Bonchev–Trinajstić information content (AvgIpc) is 2.53. The van der Waals surface area contributed by atoms with Gasteiger partial charge in [-0.3, -0.25) is 0 Å². The van der Waals surface area contributed by atoms with Gasteiger partial charge >= 0.3 is 6.09 Å². The quantitative estimate of drug-likeness (QED) is 0.766. The van der Waals surface area contributed by atoms with Gasteiger partial charge < -0.3 is 15.4 Å². The fraction of sp³-hybridized carbons (Fsp3) is 0.643. The Balaban J connectivity index is 2.40. The Morgan fingerprint density at radius 1 is 1.38 bits per heavy atom. The number of amides is 1. The van der Waals surface area contributed by atoms with Crippen LogP contribution in [0.2, 0.25) is 4.34 Å². The molecule has 1 amide bonds. The summed E-state index contributed by atoms with van der Waals surface area (Å²) in [5.74, 6) is 0. The molecule has 0 bridgehead atoms. The van der Waals surface area contributed by atoms with Gasteiger partial charge in [0, 0.05) is 22.4 Å². The first-order chi connectivity index (χ1) is 9.48. The van der Waals surface area contributed by atoms with Gasteiger partial charge in [0.15, 0.2) is 0 Å². The summed E-state index contributed by atoms with van der Waals surface area (Å²) in [5.41, 5.74) is -0.895. The van der Waals surface area contributed by atoms with Gasteiger partial charge in [-0.25, -0.2) is 4.79 Å². The molecule has 0 saturated heterocycles. The van der Waals surface area contributed by atoms with Crippen LogP contribution in [0.4, 0.5) is 4.79 Å². The minimum Gasteiger partial charge on any atom is -0.444 e. The molecule has 0 aliphatic rings. The highest BCUT2D eigenvalue weighted by Crippen LogP contribution is 2.31. The lowest BCUT2D eigenvalue weighted by molar-refractivity contribution is 0.0472. The summed E-state index contributed by atoms with van der Waals surface area (Å²) in [6.07, 6.45) is -0.406. The summed E-state index contributed by atoms with van der Waals surface area (Å²) in [4.78, 5) is 12.9. The van der Waals surface area contributed by atoms with Gasteiger partial charge in [-0.2, -0.15) is 0 Å². The van der Waals surface area contributed by atoms with Crippen LogP contribution in [0.3, 0.4) is 0 Å². The van der Waals surface area contributed by atoms with Crippen LogP contribution in [0.1, 0.15) is 39.5 Å². The van der Waals surface area contributed by atoms with Crippen LogP contribution in [0.25, 0.3) is 0 Å². The molecule has 7 heteroatoms. The second-order valence-corrected chi connectivity index (χ2v) is 9.04. The van der Waals surface area contributed by atoms with Crippen molar-refractivity contribution in [2.75, 3.05) is 6.54 Å². The predicted octanol–water partition coefficient (Wildman–Crippen LogP) is 4.56. The fourth-order valence-corrected chi connectivity index (χ4v) is 3.36. The zero-order chi connectivity index (χ0) is 16.3. The SMILES string of the molecule is CC(C)(CNCc1cc(Br)c(Cl)s1)NC(=O)OC(C)(C)C. The van der Waals surface area contributed by atoms with Crippen molar-refractivity contribution in [3.8, 4) is 0 Å². The van der Waals surface area contributed by atoms with Gasteiger partial charge in [0.1, 0.15) is 9.94 Å². The molecular formula is C14H22BrClN2O2S. The second-order valence-electron chi connectivity index (χ2n) is 6.45. The van der Waals surface area contributed by atoms with E-state index in [0.717, 1.165) is 13.7 Å². The van der Waals surface area contributed by atoms with Crippen molar-refractivity contribution in [1.82, 2.24) is 10.6 Å². The third kappa shape index (κ3) is 7.49. The van der Waals surface area contributed by atoms with E-state index >= 15 is 0 Å². The average molecular weight is 398 g/mol. The van der Waals surface area contributed by atoms with Crippen LogP contribution in [0.15, 0.2) is 10.5 Å². The molecule has 1 aromatic rings. The first kappa shape index (κ1) is 18.7. The summed E-state index contributed by atoms with van der Waals surface area (Å²) < 4.78 is 6.92. The second kappa shape index (κ2) is 7.31. The molecule has 2 N–H and O–H groups in total. The number of halogens is 2. The van der Waals surface area contributed by atoms with E-state index in [-0.39, 0.29) is 0 Å². The molecule has 1 aromatic heterocycles. The molecule has 0 aromatic carbocycles. The molecule has 0 aliphatic heterocycles. The van der Waals surface area contributed by atoms with Crippen LogP contribution in [0, 0.1) is 0 Å². The van der Waals surface area contributed by atoms with Crippen LogP contribution in [-0.2, 0) is 11.3 Å². The third-order valence-electron chi connectivity index (χ3n) is 2.40. The smallest absolute Gasteiger partial charge is 0.408 e. The van der Waals surface area contributed by atoms with E-state index in [9.17, 15) is 4.79 Å². The molecule has 0 fully saturated rings. The molecular weight excluding hydrogens is 376 g/mol. The van der Waals surface area contributed by atoms with E-state index in [4.69, 9.17) is 16.3 Å². The number of alkyl carbamates (subject to hydrolysis) is 1. The summed E-state index contributed by atoms with van der Waals surface area (Å²) in [6.45, 7) is 10.7. The van der Waals surface area contributed by atoms with E-state index in [1.807, 2.05) is 40.7 Å². The van der Waals surface area contributed by atoms with Gasteiger partial charge in [-0.15, -0.1) is 11.3 Å². The van der Waals surface area contributed by atoms with Crippen molar-refractivity contribution < 1.29 is 9.53 Å². The Bertz CT molecular complexity index is 478. The maximum absolute atomic E-state index is 11.8. The molecule has 0 aliphatic carbocycles. The summed E-state index contributed by atoms with van der Waals surface area (Å²) in [5, 5.41) is 6.17. The summed E-state index contributed by atoms with van der Waals surface area (Å²) >= 11 is 10.9. The molecule has 1 heterocycles. The van der Waals surface area contributed by atoms with Gasteiger partial charge in [0.25, 0.3) is 0 Å². The lowest BCUT2D eigenvalue weighted by Gasteiger charge is -2.28. The summed E-state index contributed by atoms with van der Waals surface area (Å²) in [7, 11) is 0. The van der Waals surface area contributed by atoms with Gasteiger partial charge in [0.05, 0.1) is 5.54 Å². The minimum absolute atomic E-state index is 0.402. The van der Waals surface area contributed by atoms with Crippen molar-refractivity contribution in [3.05, 3.63) is 19.8 Å². The van der Waals surface area contributed by atoms with Crippen LogP contribution in [0.5, 0.6) is 0 Å². The standard InChI is InChI=1S/C14H22BrClN2O2S/c1-13(2,3)20-12(19)18-14(4,5)8-17-7-9-6-10(15)11(16)21-9/h6,17H,7-8H2,1-5H3,(H,18,19). The van der Waals surface area contributed by atoms with Gasteiger partial charge in [-0.1, -0.05) is 11.6 Å². The third-order valence-corrected chi connectivity index (χ3v) is 4.88. The highest BCUT2D eigenvalue weighted by atomic mass is 79.9. The van der Waals surface area contributed by atoms with Crippen LogP contribution >= 0.6 is 38.9 Å². The zero-order valence-electron chi connectivity index (χ0n) is 13.0. The molecule has 0 spiro atoms. The van der Waals surface area contributed by atoms with E-state index in [1.54, 1.807) is 0 Å². The fourth-order valence-electron chi connectivity index (χ4n) is 1.60. The highest BCUT2D eigenvalue weighted by Gasteiger charge is 2.24. The number of rotatable bonds is 5. The molecule has 1 rings (SSSR count). The predicted molar refractivity (Wildman–Crippen MR) is 92.2 cm³/mol. The zero-order valence-corrected chi connectivity index (χ0v) is 16.1. The molecule has 120 valence electrons. The number of thiophene rings is 1. The molecule has 0 atom stereocenters. The number of ether oxygens (including phenoxy) is 1. The van der Waals surface area contributed by atoms with E-state index in [2.05, 4.69) is 26.6 Å². The molecule has 0 radical (unpaired) electrons.